The first-order valence-electron chi connectivity index (χ1n) is 5.38. The number of carbonyl (C=O) groups excluding carboxylic acids is 1. The number of nitriles is 1. The van der Waals surface area contributed by atoms with Crippen LogP contribution in [-0.4, -0.2) is 31.5 Å². The van der Waals surface area contributed by atoms with Gasteiger partial charge in [0.15, 0.2) is 9.90 Å². The van der Waals surface area contributed by atoms with Crippen LogP contribution < -0.4 is 4.72 Å². The average Bonchev–Trinajstić information content (AvgIpc) is 2.97. The van der Waals surface area contributed by atoms with Gasteiger partial charge in [-0.05, 0) is 12.1 Å². The molecule has 0 atom stereocenters. The highest BCUT2D eigenvalue weighted by atomic mass is 32.2. The number of hydrogen-bond donors (Lipinski definition) is 1. The van der Waals surface area contributed by atoms with Crippen LogP contribution in [0.25, 0.3) is 0 Å². The number of hydrogen-bond acceptors (Lipinski definition) is 8. The third kappa shape index (κ3) is 3.15. The number of pyridine rings is 1. The average molecular weight is 324 g/mol. The zero-order chi connectivity index (χ0) is 15.5. The monoisotopic (exact) mass is 324 g/mol. The van der Waals surface area contributed by atoms with E-state index in [1.165, 1.54) is 23.8 Å². The van der Waals surface area contributed by atoms with Gasteiger partial charge in [0.2, 0.25) is 0 Å². The van der Waals surface area contributed by atoms with Crippen LogP contribution in [0.1, 0.15) is 16.1 Å². The molecule has 2 rings (SSSR count). The number of nitrogens with zero attached hydrogens (tertiary/aromatic N) is 3. The Morgan fingerprint density at radius 2 is 2.19 bits per heavy atom. The molecule has 2 aromatic heterocycles. The molecule has 108 valence electrons. The maximum atomic E-state index is 12.2. The first-order chi connectivity index (χ1) is 9.97. The normalized spacial score (nSPS) is 10.7. The summed E-state index contributed by atoms with van der Waals surface area (Å²) >= 11 is 0.785. The molecule has 0 saturated carbocycles. The number of thiazole rings is 1. The van der Waals surface area contributed by atoms with Crippen molar-refractivity contribution in [1.29, 1.82) is 5.26 Å². The van der Waals surface area contributed by atoms with Gasteiger partial charge in [-0.25, -0.2) is 23.2 Å². The maximum Gasteiger partial charge on any atom is 0.358 e. The van der Waals surface area contributed by atoms with Crippen molar-refractivity contribution >= 4 is 33.1 Å². The number of carbonyl (C=O) groups is 1. The Labute approximate surface area is 124 Å². The smallest absolute Gasteiger partial charge is 0.358 e. The minimum Gasteiger partial charge on any atom is -0.464 e. The van der Waals surface area contributed by atoms with Crippen molar-refractivity contribution in [3.63, 3.8) is 0 Å². The number of aromatic nitrogens is 2. The molecule has 0 fully saturated rings. The molecule has 0 aliphatic rings. The number of sulfonamides is 1. The Bertz CT molecular complexity index is 805. The van der Waals surface area contributed by atoms with Crippen LogP contribution in [-0.2, 0) is 14.8 Å². The lowest BCUT2D eigenvalue weighted by molar-refractivity contribution is 0.0590. The van der Waals surface area contributed by atoms with Gasteiger partial charge < -0.3 is 4.74 Å². The first kappa shape index (κ1) is 14.9. The Balaban J connectivity index is 2.32. The molecule has 1 N–H and O–H groups in total. The molecule has 0 aliphatic carbocycles. The first-order valence-corrected chi connectivity index (χ1v) is 7.75. The summed E-state index contributed by atoms with van der Waals surface area (Å²) < 4.78 is 30.8. The lowest BCUT2D eigenvalue weighted by atomic mass is 10.3. The van der Waals surface area contributed by atoms with Gasteiger partial charge >= 0.3 is 5.97 Å². The number of rotatable bonds is 4. The summed E-state index contributed by atoms with van der Waals surface area (Å²) in [5.41, 5.74) is 1.24. The molecule has 2 heterocycles. The fourth-order valence-electron chi connectivity index (χ4n) is 1.36. The summed E-state index contributed by atoms with van der Waals surface area (Å²) in [7, 11) is -2.88. The number of nitrogens with one attached hydrogen (secondary N) is 1. The van der Waals surface area contributed by atoms with E-state index in [0.717, 1.165) is 18.4 Å². The minimum absolute atomic E-state index is 0.0261. The maximum absolute atomic E-state index is 12.2. The van der Waals surface area contributed by atoms with Gasteiger partial charge in [0, 0.05) is 6.20 Å². The predicted molar refractivity (Wildman–Crippen MR) is 73.2 cm³/mol. The Morgan fingerprint density at radius 3 is 2.76 bits per heavy atom. The van der Waals surface area contributed by atoms with Crippen molar-refractivity contribution in [2.24, 2.45) is 0 Å². The van der Waals surface area contributed by atoms with Gasteiger partial charge in [0.1, 0.15) is 11.9 Å². The van der Waals surface area contributed by atoms with Crippen LogP contribution in [0.4, 0.5) is 5.82 Å². The van der Waals surface area contributed by atoms with Gasteiger partial charge in [0.05, 0.1) is 18.2 Å². The van der Waals surface area contributed by atoms with E-state index in [9.17, 15) is 13.2 Å². The highest BCUT2D eigenvalue weighted by molar-refractivity contribution is 7.94. The molecular weight excluding hydrogens is 316 g/mol. The molecule has 0 spiro atoms. The molecule has 0 aromatic carbocycles. The summed E-state index contributed by atoms with van der Waals surface area (Å²) in [6.07, 6.45) is 1.23. The largest absolute Gasteiger partial charge is 0.464 e. The lowest BCUT2D eigenvalue weighted by Gasteiger charge is -2.06. The van der Waals surface area contributed by atoms with Crippen molar-refractivity contribution in [2.75, 3.05) is 11.8 Å². The summed E-state index contributed by atoms with van der Waals surface area (Å²) in [5.74, 6) is -0.817. The van der Waals surface area contributed by atoms with Gasteiger partial charge in [0.25, 0.3) is 10.0 Å². The molecule has 8 nitrogen and oxygen atoms in total. The van der Waals surface area contributed by atoms with Gasteiger partial charge in [-0.15, -0.1) is 11.3 Å². The molecule has 0 aliphatic heterocycles. The molecule has 2 aromatic rings. The van der Waals surface area contributed by atoms with E-state index in [1.807, 2.05) is 6.07 Å². The highest BCUT2D eigenvalue weighted by Gasteiger charge is 2.26. The number of methoxy groups -OCH3 is 1. The van der Waals surface area contributed by atoms with Crippen LogP contribution in [0.15, 0.2) is 28.0 Å². The molecule has 0 amide bonds. The Kier molecular flexibility index (Phi) is 4.15. The van der Waals surface area contributed by atoms with Gasteiger partial charge in [-0.3, -0.25) is 4.72 Å². The third-order valence-corrected chi connectivity index (χ3v) is 5.01. The Hall–Kier alpha value is -2.51. The third-order valence-electron chi connectivity index (χ3n) is 2.29. The molecule has 0 unspecified atom stereocenters. The van der Waals surface area contributed by atoms with Crippen LogP contribution >= 0.6 is 11.3 Å². The fourth-order valence-corrected chi connectivity index (χ4v) is 3.50. The van der Waals surface area contributed by atoms with Gasteiger partial charge in [-0.1, -0.05) is 0 Å². The molecule has 0 radical (unpaired) electrons. The highest BCUT2D eigenvalue weighted by Crippen LogP contribution is 2.23. The van der Waals surface area contributed by atoms with Crippen molar-refractivity contribution in [3.8, 4) is 6.07 Å². The summed E-state index contributed by atoms with van der Waals surface area (Å²) in [6, 6.07) is 4.62. The standard InChI is InChI=1S/C11H8N4O4S2/c1-19-10(16)9-11(20-6-14-9)21(17,18)15-8-3-2-7(4-12)5-13-8/h2-3,5-6H,1H3,(H,13,15). The van der Waals surface area contributed by atoms with Crippen LogP contribution in [0, 0.1) is 11.3 Å². The van der Waals surface area contributed by atoms with Gasteiger partial charge in [-0.2, -0.15) is 5.26 Å². The van der Waals surface area contributed by atoms with E-state index < -0.39 is 16.0 Å². The van der Waals surface area contributed by atoms with E-state index in [1.54, 1.807) is 0 Å². The minimum atomic E-state index is -4.02. The summed E-state index contributed by atoms with van der Waals surface area (Å²) in [5, 5.41) is 8.65. The number of anilines is 1. The van der Waals surface area contributed by atoms with E-state index in [0.29, 0.717) is 5.56 Å². The van der Waals surface area contributed by atoms with Crippen molar-refractivity contribution in [3.05, 3.63) is 35.1 Å². The predicted octanol–water partition coefficient (Wildman–Crippen LogP) is 0.997. The van der Waals surface area contributed by atoms with Crippen LogP contribution in [0.5, 0.6) is 0 Å². The molecule has 0 saturated heterocycles. The number of esters is 1. The SMILES string of the molecule is COC(=O)c1ncsc1S(=O)(=O)Nc1ccc(C#N)cn1. The van der Waals surface area contributed by atoms with E-state index in [2.05, 4.69) is 19.4 Å². The van der Waals surface area contributed by atoms with E-state index >= 15 is 0 Å². The summed E-state index contributed by atoms with van der Waals surface area (Å²) in [6.45, 7) is 0. The zero-order valence-electron chi connectivity index (χ0n) is 10.6. The zero-order valence-corrected chi connectivity index (χ0v) is 12.2. The van der Waals surface area contributed by atoms with Crippen molar-refractivity contribution < 1.29 is 17.9 Å². The van der Waals surface area contributed by atoms with Crippen LogP contribution in [0.3, 0.4) is 0 Å². The van der Waals surface area contributed by atoms with E-state index in [-0.39, 0.29) is 15.7 Å². The fraction of sp³-hybridized carbons (Fsp3) is 0.0909. The molecule has 0 bridgehead atoms. The van der Waals surface area contributed by atoms with E-state index in [4.69, 9.17) is 5.26 Å². The van der Waals surface area contributed by atoms with Crippen molar-refractivity contribution in [2.45, 2.75) is 4.21 Å². The molecule has 21 heavy (non-hydrogen) atoms. The quantitative estimate of drug-likeness (QED) is 0.832. The molecule has 10 heteroatoms. The second-order valence-electron chi connectivity index (χ2n) is 3.63. The number of ether oxygens (including phenoxy) is 1. The molecular formula is C11H8N4O4S2. The lowest BCUT2D eigenvalue weighted by Crippen LogP contribution is -2.16. The summed E-state index contributed by atoms with van der Waals surface area (Å²) in [4.78, 5) is 18.9. The Morgan fingerprint density at radius 1 is 1.43 bits per heavy atom. The van der Waals surface area contributed by atoms with Crippen LogP contribution in [0.2, 0.25) is 0 Å². The second-order valence-corrected chi connectivity index (χ2v) is 6.36. The second kappa shape index (κ2) is 5.86. The van der Waals surface area contributed by atoms with Crippen molar-refractivity contribution in [1.82, 2.24) is 9.97 Å². The topological polar surface area (TPSA) is 122 Å².